The average Bonchev–Trinajstić information content (AvgIpc) is 3.21. The van der Waals surface area contributed by atoms with Crippen LogP contribution >= 0.6 is 11.6 Å². The van der Waals surface area contributed by atoms with E-state index in [1.807, 2.05) is 25.1 Å². The first-order valence-corrected chi connectivity index (χ1v) is 7.99. The summed E-state index contributed by atoms with van der Waals surface area (Å²) < 4.78 is 0. The van der Waals surface area contributed by atoms with E-state index in [-0.39, 0.29) is 5.95 Å². The van der Waals surface area contributed by atoms with Gasteiger partial charge in [0.25, 0.3) is 0 Å². The summed E-state index contributed by atoms with van der Waals surface area (Å²) >= 11 is 6.49. The molecule has 3 heterocycles. The number of benzene rings is 1. The van der Waals surface area contributed by atoms with Crippen LogP contribution in [0.2, 0.25) is 5.02 Å². The second-order valence-electron chi connectivity index (χ2n) is 5.68. The third-order valence-electron chi connectivity index (χ3n) is 3.83. The zero-order valence-electron chi connectivity index (χ0n) is 13.3. The predicted molar refractivity (Wildman–Crippen MR) is 97.0 cm³/mol. The molecule has 0 aliphatic rings. The summed E-state index contributed by atoms with van der Waals surface area (Å²) in [5, 5.41) is 10.8. The van der Waals surface area contributed by atoms with Crippen LogP contribution in [0, 0.1) is 6.92 Å². The standard InChI is InChI=1S/C16H15ClN8/c1-8-4-12(25-24-8)22-15-10(6-19-16(18)23-15)5-9-2-3-11-14(13(9)17)21-7-20-11/h2-4,6-7H,5H2,1H3,(H,20,21)(H4,18,19,22,23,24,25). The van der Waals surface area contributed by atoms with Gasteiger partial charge in [-0.25, -0.2) is 9.97 Å². The highest BCUT2D eigenvalue weighted by Gasteiger charge is 2.13. The van der Waals surface area contributed by atoms with Crippen LogP contribution in [0.3, 0.4) is 0 Å². The second-order valence-corrected chi connectivity index (χ2v) is 6.06. The Hall–Kier alpha value is -3.13. The molecule has 4 rings (SSSR count). The number of fused-ring (bicyclic) bond motifs is 1. The quantitative estimate of drug-likeness (QED) is 0.447. The van der Waals surface area contributed by atoms with Gasteiger partial charge in [-0.1, -0.05) is 17.7 Å². The molecule has 25 heavy (non-hydrogen) atoms. The van der Waals surface area contributed by atoms with Gasteiger partial charge in [0.15, 0.2) is 5.82 Å². The SMILES string of the molecule is Cc1cc(Nc2nc(N)ncc2Cc2ccc3[nH]cnc3c2Cl)n[nH]1. The third-order valence-corrected chi connectivity index (χ3v) is 4.25. The normalized spacial score (nSPS) is 11.1. The van der Waals surface area contributed by atoms with Crippen molar-refractivity contribution in [1.29, 1.82) is 0 Å². The Bertz CT molecular complexity index is 1050. The Morgan fingerprint density at radius 3 is 2.92 bits per heavy atom. The molecule has 126 valence electrons. The van der Waals surface area contributed by atoms with Gasteiger partial charge in [-0.15, -0.1) is 0 Å². The smallest absolute Gasteiger partial charge is 0.221 e. The summed E-state index contributed by atoms with van der Waals surface area (Å²) in [6.07, 6.45) is 3.85. The number of nitrogen functional groups attached to an aromatic ring is 1. The van der Waals surface area contributed by atoms with Crippen LogP contribution in [0.15, 0.2) is 30.7 Å². The van der Waals surface area contributed by atoms with Gasteiger partial charge in [-0.05, 0) is 18.6 Å². The largest absolute Gasteiger partial charge is 0.368 e. The van der Waals surface area contributed by atoms with E-state index in [2.05, 4.69) is 35.5 Å². The minimum atomic E-state index is 0.187. The van der Waals surface area contributed by atoms with E-state index in [0.29, 0.717) is 23.1 Å². The van der Waals surface area contributed by atoms with Crippen LogP contribution in [0.1, 0.15) is 16.8 Å². The molecule has 0 radical (unpaired) electrons. The molecule has 8 nitrogen and oxygen atoms in total. The van der Waals surface area contributed by atoms with Crippen LogP contribution in [-0.4, -0.2) is 30.1 Å². The van der Waals surface area contributed by atoms with Crippen molar-refractivity contribution < 1.29 is 0 Å². The van der Waals surface area contributed by atoms with E-state index in [4.69, 9.17) is 17.3 Å². The van der Waals surface area contributed by atoms with Gasteiger partial charge in [-0.2, -0.15) is 10.1 Å². The number of rotatable bonds is 4. The zero-order valence-corrected chi connectivity index (χ0v) is 14.1. The van der Waals surface area contributed by atoms with E-state index < -0.39 is 0 Å². The van der Waals surface area contributed by atoms with Gasteiger partial charge in [0.05, 0.1) is 16.9 Å². The highest BCUT2D eigenvalue weighted by Crippen LogP contribution is 2.29. The summed E-state index contributed by atoms with van der Waals surface area (Å²) in [5.74, 6) is 1.44. The third kappa shape index (κ3) is 2.99. The Morgan fingerprint density at radius 2 is 2.12 bits per heavy atom. The first kappa shape index (κ1) is 15.4. The molecular weight excluding hydrogens is 340 g/mol. The molecule has 1 aromatic carbocycles. The summed E-state index contributed by atoms with van der Waals surface area (Å²) in [6, 6.07) is 5.79. The second kappa shape index (κ2) is 6.06. The van der Waals surface area contributed by atoms with Gasteiger partial charge in [0.1, 0.15) is 11.3 Å². The first-order chi connectivity index (χ1) is 12.1. The number of aryl methyl sites for hydroxylation is 1. The molecular formula is C16H15ClN8. The minimum absolute atomic E-state index is 0.187. The summed E-state index contributed by atoms with van der Waals surface area (Å²) in [4.78, 5) is 15.7. The Morgan fingerprint density at radius 1 is 1.24 bits per heavy atom. The van der Waals surface area contributed by atoms with Gasteiger partial charge in [-0.3, -0.25) is 5.10 Å². The number of hydrogen-bond acceptors (Lipinski definition) is 6. The fraction of sp³-hybridized carbons (Fsp3) is 0.125. The fourth-order valence-electron chi connectivity index (χ4n) is 2.62. The molecule has 0 aliphatic heterocycles. The number of nitrogens with one attached hydrogen (secondary N) is 3. The van der Waals surface area contributed by atoms with E-state index in [9.17, 15) is 0 Å². The molecule has 4 aromatic rings. The average molecular weight is 355 g/mol. The van der Waals surface area contributed by atoms with Crippen molar-refractivity contribution in [2.24, 2.45) is 0 Å². The van der Waals surface area contributed by atoms with Crippen molar-refractivity contribution >= 4 is 40.2 Å². The van der Waals surface area contributed by atoms with Crippen molar-refractivity contribution in [2.75, 3.05) is 11.1 Å². The van der Waals surface area contributed by atoms with Gasteiger partial charge in [0, 0.05) is 29.9 Å². The van der Waals surface area contributed by atoms with Crippen molar-refractivity contribution in [3.05, 3.63) is 52.6 Å². The van der Waals surface area contributed by atoms with Crippen molar-refractivity contribution in [2.45, 2.75) is 13.3 Å². The molecule has 0 unspecified atom stereocenters. The van der Waals surface area contributed by atoms with Crippen LogP contribution in [0.25, 0.3) is 11.0 Å². The molecule has 5 N–H and O–H groups in total. The predicted octanol–water partition coefficient (Wildman–Crippen LogP) is 2.95. The molecule has 0 saturated heterocycles. The number of halogens is 1. The maximum Gasteiger partial charge on any atom is 0.221 e. The molecule has 0 atom stereocenters. The number of H-pyrrole nitrogens is 2. The summed E-state index contributed by atoms with van der Waals surface area (Å²) in [5.41, 5.74) is 10.1. The van der Waals surface area contributed by atoms with Crippen LogP contribution in [0.4, 0.5) is 17.6 Å². The summed E-state index contributed by atoms with van der Waals surface area (Å²) in [7, 11) is 0. The Labute approximate surface area is 147 Å². The maximum atomic E-state index is 6.49. The zero-order chi connectivity index (χ0) is 17.4. The number of nitrogens with zero attached hydrogens (tertiary/aromatic N) is 4. The lowest BCUT2D eigenvalue weighted by molar-refractivity contribution is 1.04. The lowest BCUT2D eigenvalue weighted by Crippen LogP contribution is -2.05. The molecule has 9 heteroatoms. The molecule has 0 amide bonds. The van der Waals surface area contributed by atoms with Crippen molar-refractivity contribution in [1.82, 2.24) is 30.1 Å². The van der Waals surface area contributed by atoms with Crippen molar-refractivity contribution in [3.8, 4) is 0 Å². The van der Waals surface area contributed by atoms with Gasteiger partial charge < -0.3 is 16.0 Å². The minimum Gasteiger partial charge on any atom is -0.368 e. The molecule has 0 spiro atoms. The highest BCUT2D eigenvalue weighted by atomic mass is 35.5. The molecule has 0 fully saturated rings. The summed E-state index contributed by atoms with van der Waals surface area (Å²) in [6.45, 7) is 1.92. The Kier molecular flexibility index (Phi) is 3.73. The number of nitrogens with two attached hydrogens (primary N) is 1. The topological polar surface area (TPSA) is 121 Å². The fourth-order valence-corrected chi connectivity index (χ4v) is 2.90. The highest BCUT2D eigenvalue weighted by molar-refractivity contribution is 6.35. The van der Waals surface area contributed by atoms with E-state index >= 15 is 0 Å². The number of imidazole rings is 1. The van der Waals surface area contributed by atoms with Gasteiger partial charge in [0.2, 0.25) is 5.95 Å². The van der Waals surface area contributed by atoms with Gasteiger partial charge >= 0.3 is 0 Å². The maximum absolute atomic E-state index is 6.49. The number of hydrogen-bond donors (Lipinski definition) is 4. The molecule has 0 saturated carbocycles. The number of aromatic nitrogens is 6. The lowest BCUT2D eigenvalue weighted by atomic mass is 10.1. The van der Waals surface area contributed by atoms with Crippen LogP contribution in [0.5, 0.6) is 0 Å². The van der Waals surface area contributed by atoms with E-state index in [0.717, 1.165) is 27.9 Å². The first-order valence-electron chi connectivity index (χ1n) is 7.61. The number of aromatic amines is 2. The molecule has 3 aromatic heterocycles. The molecule has 0 bridgehead atoms. The van der Waals surface area contributed by atoms with E-state index in [1.54, 1.807) is 12.5 Å². The number of anilines is 3. The Balaban J connectivity index is 1.70. The van der Waals surface area contributed by atoms with Crippen LogP contribution in [-0.2, 0) is 6.42 Å². The molecule has 0 aliphatic carbocycles. The monoisotopic (exact) mass is 354 g/mol. The van der Waals surface area contributed by atoms with Crippen molar-refractivity contribution in [3.63, 3.8) is 0 Å². The lowest BCUT2D eigenvalue weighted by Gasteiger charge is -2.11. The van der Waals surface area contributed by atoms with E-state index in [1.165, 1.54) is 0 Å². The van der Waals surface area contributed by atoms with Crippen LogP contribution < -0.4 is 11.1 Å².